The van der Waals surface area contributed by atoms with E-state index in [1.165, 1.54) is 7.11 Å². The van der Waals surface area contributed by atoms with Crippen molar-refractivity contribution in [1.82, 2.24) is 4.90 Å². The zero-order valence-electron chi connectivity index (χ0n) is 8.02. The molecule has 0 N–H and O–H groups in total. The van der Waals surface area contributed by atoms with Crippen molar-refractivity contribution in [1.29, 1.82) is 0 Å². The van der Waals surface area contributed by atoms with Gasteiger partial charge in [0.25, 0.3) is 6.43 Å². The Balaban J connectivity index is 1.95. The second kappa shape index (κ2) is 2.64. The van der Waals surface area contributed by atoms with Gasteiger partial charge in [-0.3, -0.25) is 0 Å². The minimum atomic E-state index is -2.34. The van der Waals surface area contributed by atoms with Gasteiger partial charge in [0.2, 0.25) is 0 Å². The van der Waals surface area contributed by atoms with Crippen LogP contribution in [0.25, 0.3) is 0 Å². The van der Waals surface area contributed by atoms with Crippen LogP contribution in [0.1, 0.15) is 12.8 Å². The van der Waals surface area contributed by atoms with Crippen molar-refractivity contribution in [3.8, 4) is 0 Å². The molecule has 1 aliphatic carbocycles. The number of hydrogen-bond donors (Lipinski definition) is 0. The summed E-state index contributed by atoms with van der Waals surface area (Å²) in [5.74, 6) is 0. The normalized spacial score (nSPS) is 30.2. The van der Waals surface area contributed by atoms with Crippen LogP contribution in [0, 0.1) is 5.41 Å². The monoisotopic (exact) mass is 191 g/mol. The highest BCUT2D eigenvalue weighted by Crippen LogP contribution is 2.57. The zero-order chi connectivity index (χ0) is 9.69. The molecule has 13 heavy (non-hydrogen) atoms. The predicted molar refractivity (Wildman–Crippen MR) is 44.9 cm³/mol. The quantitative estimate of drug-likeness (QED) is 0.653. The van der Waals surface area contributed by atoms with Crippen molar-refractivity contribution >= 4 is 0 Å². The van der Waals surface area contributed by atoms with Crippen molar-refractivity contribution < 1.29 is 13.5 Å². The number of halogens is 2. The molecule has 2 nitrogen and oxygen atoms in total. The maximum atomic E-state index is 12.6. The van der Waals surface area contributed by atoms with E-state index in [9.17, 15) is 8.78 Å². The number of alkyl halides is 2. The topological polar surface area (TPSA) is 12.5 Å². The van der Waals surface area contributed by atoms with Gasteiger partial charge in [-0.05, 0) is 19.9 Å². The first-order valence-electron chi connectivity index (χ1n) is 4.54. The number of methoxy groups -OCH3 is 1. The third-order valence-electron chi connectivity index (χ3n) is 3.36. The Labute approximate surface area is 76.9 Å². The molecule has 1 heterocycles. The molecule has 2 fully saturated rings. The molecular weight excluding hydrogens is 176 g/mol. The Morgan fingerprint density at radius 2 is 1.85 bits per heavy atom. The van der Waals surface area contributed by atoms with E-state index < -0.39 is 12.0 Å². The van der Waals surface area contributed by atoms with Gasteiger partial charge in [-0.25, -0.2) is 8.78 Å². The molecular formula is C9H15F2NO. The Hall–Kier alpha value is -0.220. The van der Waals surface area contributed by atoms with Crippen LogP contribution >= 0.6 is 0 Å². The summed E-state index contributed by atoms with van der Waals surface area (Å²) in [6, 6.07) is 0. The van der Waals surface area contributed by atoms with Crippen LogP contribution in [0.15, 0.2) is 0 Å². The molecule has 1 saturated carbocycles. The van der Waals surface area contributed by atoms with E-state index >= 15 is 0 Å². The van der Waals surface area contributed by atoms with Crippen molar-refractivity contribution in [3.05, 3.63) is 0 Å². The lowest BCUT2D eigenvalue weighted by Crippen LogP contribution is -2.69. The number of hydrogen-bond acceptors (Lipinski definition) is 2. The third-order valence-corrected chi connectivity index (χ3v) is 3.36. The van der Waals surface area contributed by atoms with Gasteiger partial charge in [-0.15, -0.1) is 0 Å². The summed E-state index contributed by atoms with van der Waals surface area (Å²) in [6.07, 6.45) is -1.29. The lowest BCUT2D eigenvalue weighted by atomic mass is 9.55. The van der Waals surface area contributed by atoms with E-state index in [1.54, 1.807) is 0 Å². The highest BCUT2D eigenvalue weighted by molar-refractivity contribution is 5.12. The van der Waals surface area contributed by atoms with Gasteiger partial charge in [0.15, 0.2) is 0 Å². The molecule has 76 valence electrons. The first kappa shape index (κ1) is 9.34. The number of ether oxygens (including phenoxy) is 1. The fourth-order valence-electron chi connectivity index (χ4n) is 2.93. The molecule has 4 heteroatoms. The van der Waals surface area contributed by atoms with Gasteiger partial charge < -0.3 is 9.64 Å². The second-order valence-corrected chi connectivity index (χ2v) is 4.60. The zero-order valence-corrected chi connectivity index (χ0v) is 8.02. The van der Waals surface area contributed by atoms with Gasteiger partial charge in [0.1, 0.15) is 5.60 Å². The minimum Gasteiger partial charge on any atom is -0.372 e. The van der Waals surface area contributed by atoms with Crippen LogP contribution in [0.3, 0.4) is 0 Å². The Kier molecular flexibility index (Phi) is 1.90. The van der Waals surface area contributed by atoms with Crippen molar-refractivity contribution in [2.24, 2.45) is 5.41 Å². The van der Waals surface area contributed by atoms with E-state index in [2.05, 4.69) is 4.90 Å². The van der Waals surface area contributed by atoms with E-state index in [1.807, 2.05) is 7.05 Å². The molecule has 0 atom stereocenters. The third kappa shape index (κ3) is 1.19. The summed E-state index contributed by atoms with van der Waals surface area (Å²) < 4.78 is 30.1. The predicted octanol–water partition coefficient (Wildman–Crippen LogP) is 1.36. The lowest BCUT2D eigenvalue weighted by molar-refractivity contribution is -0.249. The smallest absolute Gasteiger partial charge is 0.267 e. The van der Waals surface area contributed by atoms with Gasteiger partial charge in [-0.2, -0.15) is 0 Å². The highest BCUT2D eigenvalue weighted by atomic mass is 19.3. The molecule has 0 aromatic carbocycles. The molecule has 1 saturated heterocycles. The fraction of sp³-hybridized carbons (Fsp3) is 1.00. The average Bonchev–Trinajstić information content (AvgIpc) is 1.92. The molecule has 1 aliphatic heterocycles. The summed E-state index contributed by atoms with van der Waals surface area (Å²) in [4.78, 5) is 2.16. The van der Waals surface area contributed by atoms with Gasteiger partial charge in [0.05, 0.1) is 0 Å². The summed E-state index contributed by atoms with van der Waals surface area (Å²) in [7, 11) is 3.40. The summed E-state index contributed by atoms with van der Waals surface area (Å²) >= 11 is 0. The first-order chi connectivity index (χ1) is 6.02. The number of nitrogens with zero attached hydrogens (tertiary/aromatic N) is 1. The second-order valence-electron chi connectivity index (χ2n) is 4.60. The molecule has 2 rings (SSSR count). The molecule has 0 unspecified atom stereocenters. The Bertz CT molecular complexity index is 206. The lowest BCUT2D eigenvalue weighted by Gasteiger charge is -2.62. The van der Waals surface area contributed by atoms with E-state index in [0.717, 1.165) is 13.1 Å². The molecule has 0 bridgehead atoms. The standard InChI is InChI=1S/C9H15F2NO/c1-12-5-8(6-12)3-9(4-8,13-2)7(10)11/h7H,3-6H2,1-2H3. The summed E-state index contributed by atoms with van der Waals surface area (Å²) in [6.45, 7) is 1.90. The van der Waals surface area contributed by atoms with Gasteiger partial charge in [0, 0.05) is 25.6 Å². The maximum absolute atomic E-state index is 12.6. The SMILES string of the molecule is COC1(C(F)F)CC2(CN(C)C2)C1. The van der Waals surface area contributed by atoms with Crippen molar-refractivity contribution in [2.45, 2.75) is 24.9 Å². The van der Waals surface area contributed by atoms with E-state index in [-0.39, 0.29) is 5.41 Å². The molecule has 2 aliphatic rings. The Morgan fingerprint density at radius 1 is 1.31 bits per heavy atom. The minimum absolute atomic E-state index is 0.154. The molecule has 0 aromatic rings. The van der Waals surface area contributed by atoms with Gasteiger partial charge >= 0.3 is 0 Å². The highest BCUT2D eigenvalue weighted by Gasteiger charge is 2.63. The first-order valence-corrected chi connectivity index (χ1v) is 4.54. The molecule has 1 spiro atoms. The van der Waals surface area contributed by atoms with Crippen LogP contribution in [0.2, 0.25) is 0 Å². The molecule has 0 aromatic heterocycles. The van der Waals surface area contributed by atoms with E-state index in [4.69, 9.17) is 4.74 Å². The van der Waals surface area contributed by atoms with Crippen LogP contribution in [0.4, 0.5) is 8.78 Å². The fourth-order valence-corrected chi connectivity index (χ4v) is 2.93. The average molecular weight is 191 g/mol. The van der Waals surface area contributed by atoms with Crippen LogP contribution in [-0.2, 0) is 4.74 Å². The number of rotatable bonds is 2. The van der Waals surface area contributed by atoms with Crippen molar-refractivity contribution in [2.75, 3.05) is 27.2 Å². The maximum Gasteiger partial charge on any atom is 0.267 e. The van der Waals surface area contributed by atoms with Crippen LogP contribution < -0.4 is 0 Å². The molecule has 0 amide bonds. The number of likely N-dealkylation sites (tertiary alicyclic amines) is 1. The van der Waals surface area contributed by atoms with E-state index in [0.29, 0.717) is 12.8 Å². The van der Waals surface area contributed by atoms with Crippen LogP contribution in [-0.4, -0.2) is 44.2 Å². The summed E-state index contributed by atoms with van der Waals surface area (Å²) in [5, 5.41) is 0. The largest absolute Gasteiger partial charge is 0.372 e. The Morgan fingerprint density at radius 3 is 2.15 bits per heavy atom. The van der Waals surface area contributed by atoms with Crippen molar-refractivity contribution in [3.63, 3.8) is 0 Å². The van der Waals surface area contributed by atoms with Gasteiger partial charge in [-0.1, -0.05) is 0 Å². The summed E-state index contributed by atoms with van der Waals surface area (Å²) in [5.41, 5.74) is -0.970. The van der Waals surface area contributed by atoms with Crippen LogP contribution in [0.5, 0.6) is 0 Å². The molecule has 0 radical (unpaired) electrons.